The Hall–Kier alpha value is -3.88. The summed E-state index contributed by atoms with van der Waals surface area (Å²) in [7, 11) is 0. The Morgan fingerprint density at radius 1 is 0.967 bits per heavy atom. The van der Waals surface area contributed by atoms with E-state index in [0.717, 1.165) is 24.3 Å². The predicted molar refractivity (Wildman–Crippen MR) is 102 cm³/mol. The van der Waals surface area contributed by atoms with Gasteiger partial charge < -0.3 is 15.1 Å². The van der Waals surface area contributed by atoms with Crippen molar-refractivity contribution < 1.29 is 31.6 Å². The van der Waals surface area contributed by atoms with Crippen molar-refractivity contribution in [2.24, 2.45) is 0 Å². The van der Waals surface area contributed by atoms with Crippen LogP contribution in [0.25, 0.3) is 11.3 Å². The largest absolute Gasteiger partial charge is 0.451 e. The van der Waals surface area contributed by atoms with E-state index in [9.17, 15) is 27.2 Å². The fraction of sp³-hybridized carbons (Fsp3) is 0.0476. The van der Waals surface area contributed by atoms with Crippen LogP contribution in [0.1, 0.15) is 16.1 Å². The van der Waals surface area contributed by atoms with Gasteiger partial charge in [0.05, 0.1) is 11.3 Å². The number of hydrogen-bond acceptors (Lipinski definition) is 3. The molecule has 0 aliphatic rings. The fourth-order valence-corrected chi connectivity index (χ4v) is 2.51. The highest BCUT2D eigenvalue weighted by molar-refractivity contribution is 6.03. The summed E-state index contributed by atoms with van der Waals surface area (Å²) in [6.45, 7) is 3.27. The van der Waals surface area contributed by atoms with Crippen LogP contribution in [0.2, 0.25) is 0 Å². The second kappa shape index (κ2) is 8.24. The Labute approximate surface area is 168 Å². The topological polar surface area (TPSA) is 71.3 Å². The van der Waals surface area contributed by atoms with Crippen LogP contribution in [0.4, 0.5) is 28.9 Å². The minimum atomic E-state index is -4.45. The lowest BCUT2D eigenvalue weighted by Crippen LogP contribution is -2.13. The zero-order valence-corrected chi connectivity index (χ0v) is 15.2. The molecule has 0 fully saturated rings. The lowest BCUT2D eigenvalue weighted by Gasteiger charge is -2.08. The Balaban J connectivity index is 1.75. The van der Waals surface area contributed by atoms with Crippen LogP contribution in [-0.2, 0) is 11.0 Å². The zero-order chi connectivity index (χ0) is 21.9. The SMILES string of the molecule is C=CC(=O)Nc1cc(NC(=O)c2ccc(-c3ccc(C(F)(F)F)cc3)o2)ccc1F. The van der Waals surface area contributed by atoms with Crippen molar-refractivity contribution >= 4 is 23.2 Å². The molecule has 5 nitrogen and oxygen atoms in total. The van der Waals surface area contributed by atoms with Crippen molar-refractivity contribution in [3.8, 4) is 11.3 Å². The molecule has 0 bridgehead atoms. The van der Waals surface area contributed by atoms with Crippen LogP contribution in [-0.4, -0.2) is 11.8 Å². The Morgan fingerprint density at radius 3 is 2.30 bits per heavy atom. The number of halogens is 4. The van der Waals surface area contributed by atoms with Gasteiger partial charge in [0.25, 0.3) is 5.91 Å². The van der Waals surface area contributed by atoms with Gasteiger partial charge in [0, 0.05) is 11.3 Å². The van der Waals surface area contributed by atoms with Gasteiger partial charge in [0.1, 0.15) is 11.6 Å². The summed E-state index contributed by atoms with van der Waals surface area (Å²) < 4.78 is 57.1. The lowest BCUT2D eigenvalue weighted by molar-refractivity contribution is -0.137. The predicted octanol–water partition coefficient (Wildman–Crippen LogP) is 5.48. The first-order valence-corrected chi connectivity index (χ1v) is 8.49. The minimum absolute atomic E-state index is 0.106. The standard InChI is InChI=1S/C21H14F4N2O3/c1-2-19(28)27-16-11-14(7-8-15(16)22)26-20(29)18-10-9-17(30-18)12-3-5-13(6-4-12)21(23,24)25/h2-11H,1H2,(H,26,29)(H,27,28). The summed E-state index contributed by atoms with van der Waals surface area (Å²) >= 11 is 0. The smallest absolute Gasteiger partial charge is 0.416 e. The van der Waals surface area contributed by atoms with E-state index in [4.69, 9.17) is 4.42 Å². The van der Waals surface area contributed by atoms with Crippen LogP contribution in [0.5, 0.6) is 0 Å². The second-order valence-corrected chi connectivity index (χ2v) is 6.08. The van der Waals surface area contributed by atoms with Crippen LogP contribution >= 0.6 is 0 Å². The van der Waals surface area contributed by atoms with E-state index in [-0.39, 0.29) is 22.9 Å². The number of furan rings is 1. The maximum Gasteiger partial charge on any atom is 0.416 e. The molecule has 1 aromatic heterocycles. The molecule has 3 aromatic rings. The number of carbonyl (C=O) groups excluding carboxylic acids is 2. The van der Waals surface area contributed by atoms with Crippen molar-refractivity contribution in [1.29, 1.82) is 0 Å². The maximum atomic E-state index is 13.8. The first-order chi connectivity index (χ1) is 14.2. The van der Waals surface area contributed by atoms with Gasteiger partial charge in [-0.25, -0.2) is 4.39 Å². The first kappa shape index (κ1) is 20.8. The molecule has 0 aliphatic carbocycles. The number of hydrogen-bond donors (Lipinski definition) is 2. The van der Waals surface area contributed by atoms with Crippen molar-refractivity contribution in [1.82, 2.24) is 0 Å². The van der Waals surface area contributed by atoms with Gasteiger partial charge in [-0.2, -0.15) is 13.2 Å². The summed E-state index contributed by atoms with van der Waals surface area (Å²) in [5.41, 5.74) is -0.402. The molecule has 2 amide bonds. The number of amides is 2. The molecular formula is C21H14F4N2O3. The van der Waals surface area contributed by atoms with Gasteiger partial charge in [-0.05, 0) is 48.5 Å². The lowest BCUT2D eigenvalue weighted by atomic mass is 10.1. The highest BCUT2D eigenvalue weighted by atomic mass is 19.4. The van der Waals surface area contributed by atoms with Crippen LogP contribution < -0.4 is 10.6 Å². The highest BCUT2D eigenvalue weighted by Crippen LogP contribution is 2.31. The Bertz CT molecular complexity index is 1100. The third kappa shape index (κ3) is 4.75. The van der Waals surface area contributed by atoms with E-state index in [0.29, 0.717) is 5.56 Å². The highest BCUT2D eigenvalue weighted by Gasteiger charge is 2.30. The minimum Gasteiger partial charge on any atom is -0.451 e. The molecular weight excluding hydrogens is 404 g/mol. The number of nitrogens with one attached hydrogen (secondary N) is 2. The average molecular weight is 418 g/mol. The zero-order valence-electron chi connectivity index (χ0n) is 15.2. The van der Waals surface area contributed by atoms with E-state index in [2.05, 4.69) is 17.2 Å². The van der Waals surface area contributed by atoms with Gasteiger partial charge in [-0.3, -0.25) is 9.59 Å². The molecule has 154 valence electrons. The molecule has 0 aliphatic heterocycles. The molecule has 0 saturated heterocycles. The maximum absolute atomic E-state index is 13.8. The summed E-state index contributed by atoms with van der Waals surface area (Å²) in [5, 5.41) is 4.75. The molecule has 9 heteroatoms. The Morgan fingerprint density at radius 2 is 1.67 bits per heavy atom. The van der Waals surface area contributed by atoms with Crippen LogP contribution in [0.3, 0.4) is 0 Å². The van der Waals surface area contributed by atoms with Gasteiger partial charge in [-0.15, -0.1) is 0 Å². The molecule has 0 unspecified atom stereocenters. The monoisotopic (exact) mass is 418 g/mol. The van der Waals surface area contributed by atoms with E-state index < -0.39 is 29.4 Å². The van der Waals surface area contributed by atoms with Gasteiger partial charge in [0.15, 0.2) is 5.76 Å². The number of anilines is 2. The molecule has 1 heterocycles. The van der Waals surface area contributed by atoms with E-state index in [1.807, 2.05) is 0 Å². The number of alkyl halides is 3. The molecule has 2 aromatic carbocycles. The summed E-state index contributed by atoms with van der Waals surface area (Å²) in [6, 6.07) is 10.7. The molecule has 0 saturated carbocycles. The van der Waals surface area contributed by atoms with Crippen molar-refractivity contribution in [2.75, 3.05) is 10.6 Å². The van der Waals surface area contributed by atoms with Gasteiger partial charge >= 0.3 is 6.18 Å². The fourth-order valence-electron chi connectivity index (χ4n) is 2.51. The summed E-state index contributed by atoms with van der Waals surface area (Å²) in [4.78, 5) is 23.7. The molecule has 30 heavy (non-hydrogen) atoms. The quantitative estimate of drug-likeness (QED) is 0.426. The third-order valence-corrected chi connectivity index (χ3v) is 3.99. The normalized spacial score (nSPS) is 11.1. The first-order valence-electron chi connectivity index (χ1n) is 8.49. The molecule has 0 spiro atoms. The number of carbonyl (C=O) groups is 2. The van der Waals surface area contributed by atoms with Gasteiger partial charge in [0.2, 0.25) is 5.91 Å². The molecule has 0 radical (unpaired) electrons. The van der Waals surface area contributed by atoms with Crippen molar-refractivity contribution in [3.63, 3.8) is 0 Å². The van der Waals surface area contributed by atoms with Crippen molar-refractivity contribution in [2.45, 2.75) is 6.18 Å². The summed E-state index contributed by atoms with van der Waals surface area (Å²) in [5.74, 6) is -1.89. The molecule has 2 N–H and O–H groups in total. The number of benzene rings is 2. The molecule has 0 atom stereocenters. The Kier molecular flexibility index (Phi) is 5.72. The van der Waals surface area contributed by atoms with Gasteiger partial charge in [-0.1, -0.05) is 18.7 Å². The number of rotatable bonds is 5. The average Bonchev–Trinajstić information content (AvgIpc) is 3.20. The van der Waals surface area contributed by atoms with Crippen LogP contribution in [0.15, 0.2) is 71.7 Å². The second-order valence-electron chi connectivity index (χ2n) is 6.08. The molecule has 3 rings (SSSR count). The van der Waals surface area contributed by atoms with E-state index >= 15 is 0 Å². The van der Waals surface area contributed by atoms with E-state index in [1.165, 1.54) is 36.4 Å². The third-order valence-electron chi connectivity index (χ3n) is 3.99. The van der Waals surface area contributed by atoms with E-state index in [1.54, 1.807) is 0 Å². The van der Waals surface area contributed by atoms with Crippen LogP contribution in [0, 0.1) is 5.82 Å². The summed E-state index contributed by atoms with van der Waals surface area (Å²) in [6.07, 6.45) is -3.48. The van der Waals surface area contributed by atoms with Crippen molar-refractivity contribution in [3.05, 3.63) is 84.4 Å².